The molecule has 8 heteroatoms. The van der Waals surface area contributed by atoms with Crippen LogP contribution in [0.5, 0.6) is 0 Å². The van der Waals surface area contributed by atoms with Gasteiger partial charge in [0.05, 0.1) is 17.7 Å². The van der Waals surface area contributed by atoms with E-state index in [4.69, 9.17) is 14.5 Å². The molecule has 7 nitrogen and oxygen atoms in total. The summed E-state index contributed by atoms with van der Waals surface area (Å²) < 4.78 is 24.5. The number of amides is 1. The molecular formula is C25H29FN4O3. The number of fused-ring (bicyclic) bond motifs is 1. The third-order valence-electron chi connectivity index (χ3n) is 5.82. The summed E-state index contributed by atoms with van der Waals surface area (Å²) in [7, 11) is 1.56. The summed E-state index contributed by atoms with van der Waals surface area (Å²) in [4.78, 5) is 23.6. The highest BCUT2D eigenvalue weighted by Gasteiger charge is 2.24. The maximum Gasteiger partial charge on any atom is 0.407 e. The Hall–Kier alpha value is -3.26. The van der Waals surface area contributed by atoms with Crippen molar-refractivity contribution in [3.8, 4) is 11.4 Å². The highest BCUT2D eigenvalue weighted by molar-refractivity contribution is 5.91. The van der Waals surface area contributed by atoms with E-state index in [1.807, 2.05) is 25.1 Å². The number of alkyl carbamates (subject to hydrolysis) is 1. The van der Waals surface area contributed by atoms with Gasteiger partial charge in [-0.2, -0.15) is 0 Å². The van der Waals surface area contributed by atoms with Crippen molar-refractivity contribution >= 4 is 22.8 Å². The monoisotopic (exact) mass is 452 g/mol. The smallest absolute Gasteiger partial charge is 0.407 e. The number of carbonyl (C=O) groups is 1. The number of aromatic nitrogens is 2. The normalized spacial score (nSPS) is 16.1. The summed E-state index contributed by atoms with van der Waals surface area (Å²) >= 11 is 0. The Kier molecular flexibility index (Phi) is 7.34. The van der Waals surface area contributed by atoms with Crippen LogP contribution in [0.1, 0.15) is 18.4 Å². The Morgan fingerprint density at radius 2 is 2.06 bits per heavy atom. The number of ether oxygens (including phenoxy) is 2. The van der Waals surface area contributed by atoms with Crippen LogP contribution < -0.4 is 10.2 Å². The summed E-state index contributed by atoms with van der Waals surface area (Å²) in [6.07, 6.45) is 1.53. The minimum absolute atomic E-state index is 0.226. The molecule has 0 unspecified atom stereocenters. The molecule has 1 atom stereocenters. The Morgan fingerprint density at radius 1 is 1.21 bits per heavy atom. The molecule has 0 aliphatic carbocycles. The fourth-order valence-electron chi connectivity index (χ4n) is 4.15. The maximum absolute atomic E-state index is 14.5. The van der Waals surface area contributed by atoms with E-state index < -0.39 is 6.09 Å². The van der Waals surface area contributed by atoms with Gasteiger partial charge in [-0.1, -0.05) is 18.2 Å². The Labute approximate surface area is 192 Å². The molecule has 1 saturated heterocycles. The quantitative estimate of drug-likeness (QED) is 0.538. The van der Waals surface area contributed by atoms with E-state index in [0.717, 1.165) is 48.2 Å². The molecule has 174 valence electrons. The first-order valence-electron chi connectivity index (χ1n) is 11.2. The Morgan fingerprint density at radius 3 is 2.88 bits per heavy atom. The van der Waals surface area contributed by atoms with Gasteiger partial charge < -0.3 is 19.7 Å². The first kappa shape index (κ1) is 22.9. The molecule has 0 spiro atoms. The highest BCUT2D eigenvalue weighted by Crippen LogP contribution is 2.31. The molecule has 1 aliphatic heterocycles. The Bertz CT molecular complexity index is 1120. The molecule has 0 bridgehead atoms. The molecule has 4 rings (SSSR count). The van der Waals surface area contributed by atoms with Gasteiger partial charge in [-0.3, -0.25) is 0 Å². The van der Waals surface area contributed by atoms with Gasteiger partial charge in [0.1, 0.15) is 18.2 Å². The fraction of sp³-hybridized carbons (Fsp3) is 0.400. The predicted molar refractivity (Wildman–Crippen MR) is 126 cm³/mol. The average molecular weight is 453 g/mol. The van der Waals surface area contributed by atoms with Crippen molar-refractivity contribution in [3.05, 3.63) is 53.8 Å². The van der Waals surface area contributed by atoms with Gasteiger partial charge in [-0.15, -0.1) is 0 Å². The number of hydrogen-bond donors (Lipinski definition) is 1. The van der Waals surface area contributed by atoms with Crippen molar-refractivity contribution in [2.75, 3.05) is 44.9 Å². The lowest BCUT2D eigenvalue weighted by Crippen LogP contribution is -2.41. The first-order chi connectivity index (χ1) is 16.0. The number of aryl methyl sites for hydroxylation is 1. The van der Waals surface area contributed by atoms with E-state index in [9.17, 15) is 9.18 Å². The highest BCUT2D eigenvalue weighted by atomic mass is 19.1. The van der Waals surface area contributed by atoms with Crippen LogP contribution in [0.25, 0.3) is 22.3 Å². The molecule has 1 fully saturated rings. The zero-order chi connectivity index (χ0) is 23.2. The molecule has 0 saturated carbocycles. The van der Waals surface area contributed by atoms with Crippen molar-refractivity contribution in [3.63, 3.8) is 0 Å². The third-order valence-corrected chi connectivity index (χ3v) is 5.82. The minimum atomic E-state index is -0.436. The lowest BCUT2D eigenvalue weighted by Gasteiger charge is -2.34. The van der Waals surface area contributed by atoms with Gasteiger partial charge >= 0.3 is 6.09 Å². The summed E-state index contributed by atoms with van der Waals surface area (Å²) in [5.41, 5.74) is 2.26. The van der Waals surface area contributed by atoms with E-state index in [2.05, 4.69) is 15.2 Å². The lowest BCUT2D eigenvalue weighted by atomic mass is 9.97. The third kappa shape index (κ3) is 5.57. The van der Waals surface area contributed by atoms with Crippen LogP contribution in [0.2, 0.25) is 0 Å². The van der Waals surface area contributed by atoms with E-state index in [1.54, 1.807) is 25.3 Å². The second kappa shape index (κ2) is 10.6. The number of rotatable bonds is 7. The number of hydrogen-bond acceptors (Lipinski definition) is 6. The first-order valence-corrected chi connectivity index (χ1v) is 11.2. The summed E-state index contributed by atoms with van der Waals surface area (Å²) in [5.74, 6) is 1.08. The number of nitrogens with one attached hydrogen (secondary N) is 1. The maximum atomic E-state index is 14.5. The molecule has 1 aromatic heterocycles. The Balaban J connectivity index is 1.57. The molecule has 0 radical (unpaired) electrons. The standard InChI is InChI=1S/C25H29FN4O3/c1-17-9-10-20-22(14-17)28-23(19-7-3-4-8-21(19)26)29-24(20)30-11-5-6-18(16-30)15-27-25(31)33-13-12-32-2/h3-4,7-10,14,18H,5-6,11-13,15-16H2,1-2H3,(H,27,31)/t18-/m0/s1. The summed E-state index contributed by atoms with van der Waals surface area (Å²) in [5, 5.41) is 3.79. The SMILES string of the molecule is COCCOC(=O)NC[C@@H]1CCCN(c2nc(-c3ccccc3F)nc3cc(C)ccc23)C1. The van der Waals surface area contributed by atoms with Crippen LogP contribution in [0.15, 0.2) is 42.5 Å². The average Bonchev–Trinajstić information content (AvgIpc) is 2.82. The van der Waals surface area contributed by atoms with Crippen molar-refractivity contribution in [2.45, 2.75) is 19.8 Å². The van der Waals surface area contributed by atoms with E-state index in [-0.39, 0.29) is 18.3 Å². The fourth-order valence-corrected chi connectivity index (χ4v) is 4.15. The van der Waals surface area contributed by atoms with E-state index in [0.29, 0.717) is 24.5 Å². The van der Waals surface area contributed by atoms with Gasteiger partial charge in [0.25, 0.3) is 0 Å². The lowest BCUT2D eigenvalue weighted by molar-refractivity contribution is 0.0976. The largest absolute Gasteiger partial charge is 0.447 e. The zero-order valence-electron chi connectivity index (χ0n) is 19.0. The number of anilines is 1. The number of piperidine rings is 1. The van der Waals surface area contributed by atoms with Crippen LogP contribution >= 0.6 is 0 Å². The molecule has 1 N–H and O–H groups in total. The number of carbonyl (C=O) groups excluding carboxylic acids is 1. The molecule has 1 amide bonds. The molecule has 2 aromatic carbocycles. The molecule has 2 heterocycles. The topological polar surface area (TPSA) is 76.6 Å². The van der Waals surface area contributed by atoms with Gasteiger partial charge in [0.15, 0.2) is 5.82 Å². The molecule has 3 aromatic rings. The molecule has 33 heavy (non-hydrogen) atoms. The van der Waals surface area contributed by atoms with E-state index in [1.165, 1.54) is 6.07 Å². The second-order valence-corrected chi connectivity index (χ2v) is 8.34. The van der Waals surface area contributed by atoms with Gasteiger partial charge in [0.2, 0.25) is 0 Å². The summed E-state index contributed by atoms with van der Waals surface area (Å²) in [6.45, 7) is 4.70. The van der Waals surface area contributed by atoms with Crippen LogP contribution in [-0.2, 0) is 9.47 Å². The second-order valence-electron chi connectivity index (χ2n) is 8.34. The van der Waals surface area contributed by atoms with E-state index >= 15 is 0 Å². The molecular weight excluding hydrogens is 423 g/mol. The van der Waals surface area contributed by atoms with Gasteiger partial charge in [-0.05, 0) is 55.5 Å². The van der Waals surface area contributed by atoms with Crippen LogP contribution in [0.4, 0.5) is 15.0 Å². The zero-order valence-corrected chi connectivity index (χ0v) is 19.0. The number of halogens is 1. The number of nitrogens with zero attached hydrogens (tertiary/aromatic N) is 3. The van der Waals surface area contributed by atoms with Gasteiger partial charge in [-0.25, -0.2) is 19.2 Å². The number of methoxy groups -OCH3 is 1. The van der Waals surface area contributed by atoms with Crippen molar-refractivity contribution in [2.24, 2.45) is 5.92 Å². The van der Waals surface area contributed by atoms with Gasteiger partial charge in [0, 0.05) is 32.1 Å². The predicted octanol–water partition coefficient (Wildman–Crippen LogP) is 4.33. The van der Waals surface area contributed by atoms with Crippen LogP contribution in [0, 0.1) is 18.7 Å². The summed E-state index contributed by atoms with van der Waals surface area (Å²) in [6, 6.07) is 12.6. The van der Waals surface area contributed by atoms with Crippen molar-refractivity contribution in [1.29, 1.82) is 0 Å². The molecule has 1 aliphatic rings. The van der Waals surface area contributed by atoms with Crippen LogP contribution in [0.3, 0.4) is 0 Å². The minimum Gasteiger partial charge on any atom is -0.447 e. The van der Waals surface area contributed by atoms with Crippen molar-refractivity contribution in [1.82, 2.24) is 15.3 Å². The van der Waals surface area contributed by atoms with Crippen molar-refractivity contribution < 1.29 is 18.7 Å². The number of benzene rings is 2. The van der Waals surface area contributed by atoms with Crippen LogP contribution in [-0.4, -0.2) is 56.0 Å².